The fourth-order valence-corrected chi connectivity index (χ4v) is 2.01. The maximum Gasteiger partial charge on any atom is 0.242 e. The molecule has 0 aliphatic rings. The van der Waals surface area contributed by atoms with Crippen molar-refractivity contribution in [3.63, 3.8) is 0 Å². The second kappa shape index (κ2) is 4.95. The molecule has 0 aliphatic heterocycles. The molecule has 0 amide bonds. The molecule has 0 bridgehead atoms. The summed E-state index contributed by atoms with van der Waals surface area (Å²) in [5, 5.41) is 7.98. The normalized spacial score (nSPS) is 10.8. The molecular weight excluding hydrogens is 280 g/mol. The summed E-state index contributed by atoms with van der Waals surface area (Å²) in [7, 11) is 0. The molecule has 1 aromatic carbocycles. The second-order valence-corrected chi connectivity index (χ2v) is 4.58. The third-order valence-corrected chi connectivity index (χ3v) is 2.98. The first kappa shape index (κ1) is 12.6. The van der Waals surface area contributed by atoms with Crippen LogP contribution >= 0.6 is 11.6 Å². The van der Waals surface area contributed by atoms with Gasteiger partial charge in [0.05, 0.1) is 6.20 Å². The van der Waals surface area contributed by atoms with Gasteiger partial charge in [-0.2, -0.15) is 15.1 Å². The minimum Gasteiger partial charge on any atom is -0.438 e. The van der Waals surface area contributed by atoms with Gasteiger partial charge in [-0.3, -0.25) is 10.5 Å². The Morgan fingerprint density at radius 1 is 1.35 bits per heavy atom. The average Bonchev–Trinajstić information content (AvgIpc) is 2.90. The van der Waals surface area contributed by atoms with E-state index >= 15 is 0 Å². The van der Waals surface area contributed by atoms with Gasteiger partial charge in [0.2, 0.25) is 11.8 Å². The van der Waals surface area contributed by atoms with Gasteiger partial charge in [-0.05, 0) is 30.7 Å². The second-order valence-electron chi connectivity index (χ2n) is 4.14. The van der Waals surface area contributed by atoms with E-state index in [9.17, 15) is 0 Å². The van der Waals surface area contributed by atoms with Crippen molar-refractivity contribution in [2.24, 2.45) is 5.84 Å². The molecule has 0 spiro atoms. The lowest BCUT2D eigenvalue weighted by atomic mass is 10.2. The van der Waals surface area contributed by atoms with Crippen molar-refractivity contribution < 1.29 is 4.74 Å². The first-order chi connectivity index (χ1) is 9.67. The summed E-state index contributed by atoms with van der Waals surface area (Å²) >= 11 is 5.92. The Balaban J connectivity index is 2.07. The Kier molecular flexibility index (Phi) is 3.13. The molecule has 0 radical (unpaired) electrons. The summed E-state index contributed by atoms with van der Waals surface area (Å²) in [4.78, 5) is 8.31. The van der Waals surface area contributed by atoms with Gasteiger partial charge < -0.3 is 4.74 Å². The van der Waals surface area contributed by atoms with E-state index in [4.69, 9.17) is 22.2 Å². The van der Waals surface area contributed by atoms with Crippen LogP contribution in [0.2, 0.25) is 5.02 Å². The molecule has 0 fully saturated rings. The average molecular weight is 291 g/mol. The number of anilines is 1. The lowest BCUT2D eigenvalue weighted by Crippen LogP contribution is -2.11. The van der Waals surface area contributed by atoms with Crippen molar-refractivity contribution in [2.75, 3.05) is 5.43 Å². The molecule has 0 atom stereocenters. The number of hydrogen-bond donors (Lipinski definition) is 3. The number of aromatic amines is 1. The Hall–Kier alpha value is -2.38. The van der Waals surface area contributed by atoms with Crippen LogP contribution in [0.5, 0.6) is 11.6 Å². The number of nitrogens with one attached hydrogen (secondary N) is 2. The van der Waals surface area contributed by atoms with E-state index in [0.29, 0.717) is 27.7 Å². The van der Waals surface area contributed by atoms with Gasteiger partial charge in [-0.15, -0.1) is 0 Å². The topological polar surface area (TPSA) is 102 Å². The molecule has 0 saturated heterocycles. The molecule has 3 aromatic rings. The van der Waals surface area contributed by atoms with E-state index in [1.807, 2.05) is 13.0 Å². The Morgan fingerprint density at radius 3 is 2.95 bits per heavy atom. The van der Waals surface area contributed by atoms with Crippen LogP contribution < -0.4 is 16.0 Å². The molecule has 3 rings (SSSR count). The maximum atomic E-state index is 5.92. The van der Waals surface area contributed by atoms with Crippen LogP contribution in [-0.2, 0) is 0 Å². The number of hydrogen-bond acceptors (Lipinski definition) is 6. The number of halogens is 1. The van der Waals surface area contributed by atoms with Crippen LogP contribution in [0.1, 0.15) is 5.56 Å². The van der Waals surface area contributed by atoms with Gasteiger partial charge in [0.15, 0.2) is 5.65 Å². The van der Waals surface area contributed by atoms with Crippen molar-refractivity contribution in [1.82, 2.24) is 20.2 Å². The highest BCUT2D eigenvalue weighted by atomic mass is 35.5. The van der Waals surface area contributed by atoms with E-state index in [0.717, 1.165) is 5.56 Å². The molecule has 0 aliphatic carbocycles. The molecule has 20 heavy (non-hydrogen) atoms. The van der Waals surface area contributed by atoms with Crippen LogP contribution in [0.15, 0.2) is 24.4 Å². The summed E-state index contributed by atoms with van der Waals surface area (Å²) in [5.74, 6) is 6.59. The monoisotopic (exact) mass is 290 g/mol. The summed E-state index contributed by atoms with van der Waals surface area (Å²) in [6.07, 6.45) is 1.59. The number of fused-ring (bicyclic) bond motifs is 1. The Bertz CT molecular complexity index is 772. The highest BCUT2D eigenvalue weighted by molar-refractivity contribution is 6.30. The number of aromatic nitrogens is 4. The van der Waals surface area contributed by atoms with Gasteiger partial charge in [-0.25, -0.2) is 5.84 Å². The van der Waals surface area contributed by atoms with Crippen LogP contribution in [0.4, 0.5) is 5.95 Å². The van der Waals surface area contributed by atoms with Crippen molar-refractivity contribution in [2.45, 2.75) is 6.92 Å². The lowest BCUT2D eigenvalue weighted by Gasteiger charge is -2.09. The fraction of sp³-hybridized carbons (Fsp3) is 0.0833. The number of ether oxygens (including phenoxy) is 1. The third-order valence-electron chi connectivity index (χ3n) is 2.75. The Morgan fingerprint density at radius 2 is 2.20 bits per heavy atom. The number of nitrogens with zero attached hydrogens (tertiary/aromatic N) is 3. The van der Waals surface area contributed by atoms with Gasteiger partial charge >= 0.3 is 0 Å². The molecule has 8 heteroatoms. The SMILES string of the molecule is Cc1cc(Cl)ccc1Oc1nc(NN)nc2[nH]ncc12. The van der Waals surface area contributed by atoms with Gasteiger partial charge in [-0.1, -0.05) is 11.6 Å². The standard InChI is InChI=1S/C12H11ClN6O/c1-6-4-7(13)2-3-9(6)20-11-8-5-15-19-10(8)16-12(17-11)18-14/h2-5H,14H2,1H3,(H2,15,16,17,18,19). The van der Waals surface area contributed by atoms with E-state index in [1.54, 1.807) is 18.3 Å². The molecule has 2 aromatic heterocycles. The molecular formula is C12H11ClN6O. The van der Waals surface area contributed by atoms with Crippen LogP contribution in [0.25, 0.3) is 11.0 Å². The zero-order valence-corrected chi connectivity index (χ0v) is 11.3. The van der Waals surface area contributed by atoms with E-state index in [1.165, 1.54) is 0 Å². The van der Waals surface area contributed by atoms with Crippen LogP contribution in [0.3, 0.4) is 0 Å². The van der Waals surface area contributed by atoms with Crippen molar-refractivity contribution in [3.05, 3.63) is 35.0 Å². The van der Waals surface area contributed by atoms with E-state index < -0.39 is 0 Å². The summed E-state index contributed by atoms with van der Waals surface area (Å²) in [6, 6.07) is 5.34. The van der Waals surface area contributed by atoms with E-state index in [2.05, 4.69) is 25.6 Å². The number of nitrogen functional groups attached to an aromatic ring is 1. The number of benzene rings is 1. The predicted molar refractivity (Wildman–Crippen MR) is 75.8 cm³/mol. The summed E-state index contributed by atoms with van der Waals surface area (Å²) < 4.78 is 5.81. The smallest absolute Gasteiger partial charge is 0.242 e. The van der Waals surface area contributed by atoms with Gasteiger partial charge in [0.1, 0.15) is 11.1 Å². The highest BCUT2D eigenvalue weighted by Gasteiger charge is 2.12. The van der Waals surface area contributed by atoms with Gasteiger partial charge in [0, 0.05) is 5.02 Å². The Labute approximate surface area is 119 Å². The fourth-order valence-electron chi connectivity index (χ4n) is 1.78. The molecule has 7 nitrogen and oxygen atoms in total. The molecule has 2 heterocycles. The van der Waals surface area contributed by atoms with Crippen molar-refractivity contribution in [3.8, 4) is 11.6 Å². The number of H-pyrrole nitrogens is 1. The number of rotatable bonds is 3. The van der Waals surface area contributed by atoms with Crippen molar-refractivity contribution in [1.29, 1.82) is 0 Å². The maximum absolute atomic E-state index is 5.92. The third kappa shape index (κ3) is 2.24. The minimum atomic E-state index is 0.239. The van der Waals surface area contributed by atoms with Crippen molar-refractivity contribution >= 4 is 28.6 Å². The number of aryl methyl sites for hydroxylation is 1. The first-order valence-electron chi connectivity index (χ1n) is 5.79. The quantitative estimate of drug-likeness (QED) is 0.506. The lowest BCUT2D eigenvalue weighted by molar-refractivity contribution is 0.465. The molecule has 102 valence electrons. The first-order valence-corrected chi connectivity index (χ1v) is 6.17. The van der Waals surface area contributed by atoms with Gasteiger partial charge in [0.25, 0.3) is 0 Å². The largest absolute Gasteiger partial charge is 0.438 e. The predicted octanol–water partition coefficient (Wildman–Crippen LogP) is 2.39. The molecule has 4 N–H and O–H groups in total. The van der Waals surface area contributed by atoms with Crippen LogP contribution in [0, 0.1) is 6.92 Å². The molecule has 0 saturated carbocycles. The number of nitrogens with two attached hydrogens (primary N) is 1. The summed E-state index contributed by atoms with van der Waals surface area (Å²) in [5.41, 5.74) is 3.82. The van der Waals surface area contributed by atoms with E-state index in [-0.39, 0.29) is 5.95 Å². The summed E-state index contributed by atoms with van der Waals surface area (Å²) in [6.45, 7) is 1.90. The van der Waals surface area contributed by atoms with Crippen LogP contribution in [-0.4, -0.2) is 20.2 Å². The highest BCUT2D eigenvalue weighted by Crippen LogP contribution is 2.30. The minimum absolute atomic E-state index is 0.239. The zero-order valence-electron chi connectivity index (χ0n) is 10.5. The molecule has 0 unspecified atom stereocenters. The zero-order chi connectivity index (χ0) is 14.1. The number of hydrazine groups is 1.